The normalized spacial score (nSPS) is 25.2. The fourth-order valence-corrected chi connectivity index (χ4v) is 1.07. The van der Waals surface area contributed by atoms with E-state index in [4.69, 9.17) is 5.11 Å². The van der Waals surface area contributed by atoms with Crippen LogP contribution in [0.25, 0.3) is 0 Å². The molecule has 0 aromatic carbocycles. The van der Waals surface area contributed by atoms with Gasteiger partial charge in [-0.2, -0.15) is 0 Å². The van der Waals surface area contributed by atoms with Crippen LogP contribution in [0.1, 0.15) is 6.92 Å². The first-order chi connectivity index (χ1) is 4.74. The van der Waals surface area contributed by atoms with E-state index in [2.05, 4.69) is 5.32 Å². The van der Waals surface area contributed by atoms with Crippen LogP contribution in [0.4, 0.5) is 4.79 Å². The fourth-order valence-electron chi connectivity index (χ4n) is 1.07. The van der Waals surface area contributed by atoms with E-state index in [1.807, 2.05) is 6.92 Å². The molecule has 2 N–H and O–H groups in total. The number of nitrogens with one attached hydrogen (secondary N) is 1. The molecule has 1 unspecified atom stereocenters. The number of β-amino-alcohol motifs (C(OH)–C–C–N with tert-alkyl or cyclic N) is 1. The van der Waals surface area contributed by atoms with E-state index in [-0.39, 0.29) is 18.7 Å². The first-order valence-electron chi connectivity index (χ1n) is 3.40. The zero-order chi connectivity index (χ0) is 7.56. The van der Waals surface area contributed by atoms with Gasteiger partial charge in [-0.25, -0.2) is 4.79 Å². The molecule has 58 valence electrons. The van der Waals surface area contributed by atoms with Crippen LogP contribution in [-0.2, 0) is 0 Å². The molecule has 10 heavy (non-hydrogen) atoms. The number of amides is 2. The maximum absolute atomic E-state index is 10.9. The third-order valence-corrected chi connectivity index (χ3v) is 1.52. The van der Waals surface area contributed by atoms with Crippen molar-refractivity contribution in [2.75, 3.05) is 19.7 Å². The molecule has 2 amide bonds. The van der Waals surface area contributed by atoms with Crippen LogP contribution >= 0.6 is 0 Å². The Kier molecular flexibility index (Phi) is 2.11. The first-order valence-corrected chi connectivity index (χ1v) is 3.40. The van der Waals surface area contributed by atoms with Crippen molar-refractivity contribution < 1.29 is 9.90 Å². The molecule has 0 bridgehead atoms. The summed E-state index contributed by atoms with van der Waals surface area (Å²) in [4.78, 5) is 12.5. The zero-order valence-corrected chi connectivity index (χ0v) is 6.00. The van der Waals surface area contributed by atoms with Gasteiger partial charge < -0.3 is 15.3 Å². The standard InChI is InChI=1S/C6H12N2O2/c1-5-4-8(2-3-9)6(10)7-5/h5,9H,2-4H2,1H3,(H,7,10). The maximum atomic E-state index is 10.9. The third-order valence-electron chi connectivity index (χ3n) is 1.52. The van der Waals surface area contributed by atoms with Gasteiger partial charge in [-0.05, 0) is 6.92 Å². The molecule has 1 saturated heterocycles. The second kappa shape index (κ2) is 2.88. The van der Waals surface area contributed by atoms with Crippen molar-refractivity contribution in [1.29, 1.82) is 0 Å². The largest absolute Gasteiger partial charge is 0.395 e. The molecule has 1 fully saturated rings. The minimum absolute atomic E-state index is 0.0418. The average molecular weight is 144 g/mol. The Hall–Kier alpha value is -0.770. The van der Waals surface area contributed by atoms with Gasteiger partial charge in [0.15, 0.2) is 0 Å². The second-order valence-electron chi connectivity index (χ2n) is 2.52. The molecule has 0 aliphatic carbocycles. The van der Waals surface area contributed by atoms with E-state index >= 15 is 0 Å². The van der Waals surface area contributed by atoms with E-state index in [9.17, 15) is 4.79 Å². The van der Waals surface area contributed by atoms with Gasteiger partial charge in [0.25, 0.3) is 0 Å². The number of nitrogens with zero attached hydrogens (tertiary/aromatic N) is 1. The Bertz CT molecular complexity index is 138. The van der Waals surface area contributed by atoms with Crippen LogP contribution in [-0.4, -0.2) is 41.8 Å². The van der Waals surface area contributed by atoms with Gasteiger partial charge in [-0.1, -0.05) is 0 Å². The number of hydrogen-bond acceptors (Lipinski definition) is 2. The van der Waals surface area contributed by atoms with Crippen molar-refractivity contribution in [3.8, 4) is 0 Å². The van der Waals surface area contributed by atoms with Gasteiger partial charge in [0.1, 0.15) is 0 Å². The Morgan fingerprint density at radius 3 is 3.00 bits per heavy atom. The van der Waals surface area contributed by atoms with Crippen LogP contribution < -0.4 is 5.32 Å². The summed E-state index contributed by atoms with van der Waals surface area (Å²) in [6, 6.07) is 0.153. The van der Waals surface area contributed by atoms with Crippen molar-refractivity contribution in [2.24, 2.45) is 0 Å². The highest BCUT2D eigenvalue weighted by molar-refractivity contribution is 5.76. The molecular formula is C6H12N2O2. The van der Waals surface area contributed by atoms with E-state index in [0.29, 0.717) is 13.1 Å². The van der Waals surface area contributed by atoms with Gasteiger partial charge in [-0.15, -0.1) is 0 Å². The lowest BCUT2D eigenvalue weighted by atomic mass is 10.4. The number of carbonyl (C=O) groups excluding carboxylic acids is 1. The summed E-state index contributed by atoms with van der Waals surface area (Å²) in [6.07, 6.45) is 0. The summed E-state index contributed by atoms with van der Waals surface area (Å²) in [5, 5.41) is 11.2. The lowest BCUT2D eigenvalue weighted by Gasteiger charge is -2.10. The number of aliphatic hydroxyl groups excluding tert-OH is 1. The quantitative estimate of drug-likeness (QED) is 0.543. The fraction of sp³-hybridized carbons (Fsp3) is 0.833. The summed E-state index contributed by atoms with van der Waals surface area (Å²) in [5.74, 6) is 0. The van der Waals surface area contributed by atoms with Crippen molar-refractivity contribution in [3.63, 3.8) is 0 Å². The Morgan fingerprint density at radius 1 is 1.90 bits per heavy atom. The highest BCUT2D eigenvalue weighted by Crippen LogP contribution is 2.01. The Morgan fingerprint density at radius 2 is 2.60 bits per heavy atom. The van der Waals surface area contributed by atoms with Crippen LogP contribution in [0.5, 0.6) is 0 Å². The summed E-state index contributed by atoms with van der Waals surface area (Å²) in [7, 11) is 0. The third kappa shape index (κ3) is 1.39. The maximum Gasteiger partial charge on any atom is 0.317 e. The van der Waals surface area contributed by atoms with Gasteiger partial charge in [0, 0.05) is 19.1 Å². The van der Waals surface area contributed by atoms with Crippen LogP contribution in [0, 0.1) is 0 Å². The van der Waals surface area contributed by atoms with E-state index in [1.54, 1.807) is 4.90 Å². The number of urea groups is 1. The molecule has 1 heterocycles. The summed E-state index contributed by atoms with van der Waals surface area (Å²) >= 11 is 0. The molecular weight excluding hydrogens is 132 g/mol. The summed E-state index contributed by atoms with van der Waals surface area (Å²) in [5.41, 5.74) is 0. The smallest absolute Gasteiger partial charge is 0.317 e. The minimum Gasteiger partial charge on any atom is -0.395 e. The minimum atomic E-state index is -0.0680. The highest BCUT2D eigenvalue weighted by Gasteiger charge is 2.24. The molecule has 0 spiro atoms. The van der Waals surface area contributed by atoms with Crippen LogP contribution in [0.2, 0.25) is 0 Å². The molecule has 1 aliphatic heterocycles. The van der Waals surface area contributed by atoms with Gasteiger partial charge in [0.2, 0.25) is 0 Å². The molecule has 0 aromatic rings. The molecule has 0 radical (unpaired) electrons. The topological polar surface area (TPSA) is 52.6 Å². The van der Waals surface area contributed by atoms with Gasteiger partial charge in [0.05, 0.1) is 6.61 Å². The summed E-state index contributed by atoms with van der Waals surface area (Å²) < 4.78 is 0. The van der Waals surface area contributed by atoms with Crippen LogP contribution in [0.15, 0.2) is 0 Å². The lowest BCUT2D eigenvalue weighted by Crippen LogP contribution is -2.30. The lowest BCUT2D eigenvalue weighted by molar-refractivity contribution is 0.197. The predicted molar refractivity (Wildman–Crippen MR) is 36.7 cm³/mol. The monoisotopic (exact) mass is 144 g/mol. The molecule has 4 heteroatoms. The summed E-state index contributed by atoms with van der Waals surface area (Å²) in [6.45, 7) is 3.13. The molecule has 0 saturated carbocycles. The Balaban J connectivity index is 2.39. The molecule has 1 rings (SSSR count). The second-order valence-corrected chi connectivity index (χ2v) is 2.52. The number of aliphatic hydroxyl groups is 1. The molecule has 0 aromatic heterocycles. The van der Waals surface area contributed by atoms with Gasteiger partial charge in [-0.3, -0.25) is 0 Å². The van der Waals surface area contributed by atoms with Crippen molar-refractivity contribution in [3.05, 3.63) is 0 Å². The first kappa shape index (κ1) is 7.34. The number of carbonyl (C=O) groups is 1. The van der Waals surface area contributed by atoms with Crippen LogP contribution in [0.3, 0.4) is 0 Å². The average Bonchev–Trinajstić information content (AvgIpc) is 2.13. The molecule has 4 nitrogen and oxygen atoms in total. The Labute approximate surface area is 59.8 Å². The molecule has 1 atom stereocenters. The van der Waals surface area contributed by atoms with Crippen molar-refractivity contribution >= 4 is 6.03 Å². The predicted octanol–water partition coefficient (Wildman–Crippen LogP) is -0.608. The molecule has 1 aliphatic rings. The van der Waals surface area contributed by atoms with Gasteiger partial charge >= 0.3 is 6.03 Å². The number of rotatable bonds is 2. The van der Waals surface area contributed by atoms with Crippen molar-refractivity contribution in [1.82, 2.24) is 10.2 Å². The number of hydrogen-bond donors (Lipinski definition) is 2. The van der Waals surface area contributed by atoms with E-state index in [0.717, 1.165) is 0 Å². The van der Waals surface area contributed by atoms with Crippen molar-refractivity contribution in [2.45, 2.75) is 13.0 Å². The van der Waals surface area contributed by atoms with E-state index < -0.39 is 0 Å². The SMILES string of the molecule is CC1CN(CCO)C(=O)N1. The van der Waals surface area contributed by atoms with E-state index in [1.165, 1.54) is 0 Å². The zero-order valence-electron chi connectivity index (χ0n) is 6.00. The highest BCUT2D eigenvalue weighted by atomic mass is 16.3.